The van der Waals surface area contributed by atoms with E-state index in [0.717, 1.165) is 0 Å². The van der Waals surface area contributed by atoms with Crippen LogP contribution in [0.3, 0.4) is 0 Å². The molecule has 23 heavy (non-hydrogen) atoms. The molecule has 0 aliphatic heterocycles. The van der Waals surface area contributed by atoms with Gasteiger partial charge in [0, 0.05) is 17.4 Å². The normalized spacial score (nSPS) is 10.8. The highest BCUT2D eigenvalue weighted by atomic mass is 32.2. The number of nitro groups is 1. The number of carbonyl (C=O) groups is 1. The van der Waals surface area contributed by atoms with Gasteiger partial charge in [-0.25, -0.2) is 5.43 Å². The number of thioether (sulfide) groups is 1. The average molecular weight is 335 g/mol. The van der Waals surface area contributed by atoms with E-state index >= 15 is 0 Å². The quantitative estimate of drug-likeness (QED) is 0.346. The van der Waals surface area contributed by atoms with Crippen molar-refractivity contribution in [1.29, 1.82) is 0 Å². The molecule has 2 aromatic rings. The predicted octanol–water partition coefficient (Wildman–Crippen LogP) is 2.04. The van der Waals surface area contributed by atoms with Crippen molar-refractivity contribution in [2.24, 2.45) is 5.10 Å². The third-order valence-corrected chi connectivity index (χ3v) is 3.70. The van der Waals surface area contributed by atoms with Crippen molar-refractivity contribution in [3.8, 4) is 0 Å². The minimum atomic E-state index is -0.518. The second-order valence-electron chi connectivity index (χ2n) is 4.23. The Morgan fingerprint density at radius 1 is 1.48 bits per heavy atom. The van der Waals surface area contributed by atoms with Gasteiger partial charge >= 0.3 is 5.91 Å². The minimum Gasteiger partial charge on any atom is -0.459 e. The van der Waals surface area contributed by atoms with Crippen LogP contribution in [0, 0.1) is 10.1 Å². The molecule has 8 nitrogen and oxygen atoms in total. The standard InChI is InChI=1S/C14H13N3O5S/c18-5-7-23-13-4-3-10(8-11(13)17(20)21)9-15-16-14(19)12-2-1-6-22-12/h1-4,6,8-9,18H,5,7H2,(H,16,19). The summed E-state index contributed by atoms with van der Waals surface area (Å²) in [5.74, 6) is -0.0345. The van der Waals surface area contributed by atoms with Gasteiger partial charge in [-0.15, -0.1) is 11.8 Å². The Hall–Kier alpha value is -2.65. The molecule has 0 atom stereocenters. The van der Waals surface area contributed by atoms with Crippen molar-refractivity contribution in [1.82, 2.24) is 5.43 Å². The maximum atomic E-state index is 11.6. The second kappa shape index (κ2) is 8.11. The summed E-state index contributed by atoms with van der Waals surface area (Å²) in [6.45, 7) is -0.0656. The number of rotatable bonds is 7. The number of hydrazone groups is 1. The highest BCUT2D eigenvalue weighted by Crippen LogP contribution is 2.29. The molecule has 0 radical (unpaired) electrons. The number of aliphatic hydroxyl groups is 1. The lowest BCUT2D eigenvalue weighted by molar-refractivity contribution is -0.387. The van der Waals surface area contributed by atoms with E-state index < -0.39 is 10.8 Å². The fraction of sp³-hybridized carbons (Fsp3) is 0.143. The number of furan rings is 1. The van der Waals surface area contributed by atoms with Crippen LogP contribution in [0.4, 0.5) is 5.69 Å². The predicted molar refractivity (Wildman–Crippen MR) is 84.7 cm³/mol. The van der Waals surface area contributed by atoms with Crippen LogP contribution in [0.25, 0.3) is 0 Å². The zero-order valence-corrected chi connectivity index (χ0v) is 12.7. The molecule has 1 heterocycles. The summed E-state index contributed by atoms with van der Waals surface area (Å²) in [5, 5.41) is 23.6. The van der Waals surface area contributed by atoms with Crippen LogP contribution in [0.15, 0.2) is 51.0 Å². The zero-order chi connectivity index (χ0) is 16.7. The lowest BCUT2D eigenvalue weighted by atomic mass is 10.2. The fourth-order valence-electron chi connectivity index (χ4n) is 1.66. The second-order valence-corrected chi connectivity index (χ2v) is 5.37. The monoisotopic (exact) mass is 335 g/mol. The average Bonchev–Trinajstić information content (AvgIpc) is 3.07. The van der Waals surface area contributed by atoms with E-state index in [-0.39, 0.29) is 18.1 Å². The van der Waals surface area contributed by atoms with Gasteiger partial charge in [-0.2, -0.15) is 5.10 Å². The molecular formula is C14H13N3O5S. The Balaban J connectivity index is 2.07. The molecule has 2 N–H and O–H groups in total. The number of nitrogens with zero attached hydrogens (tertiary/aromatic N) is 2. The number of nitrogens with one attached hydrogen (secondary N) is 1. The maximum absolute atomic E-state index is 11.6. The zero-order valence-electron chi connectivity index (χ0n) is 11.8. The van der Waals surface area contributed by atoms with Crippen molar-refractivity contribution in [2.75, 3.05) is 12.4 Å². The van der Waals surface area contributed by atoms with Crippen molar-refractivity contribution in [3.63, 3.8) is 0 Å². The molecule has 1 aromatic carbocycles. The lowest BCUT2D eigenvalue weighted by Gasteiger charge is -2.02. The summed E-state index contributed by atoms with van der Waals surface area (Å²) in [5.41, 5.74) is 2.64. The van der Waals surface area contributed by atoms with Crippen molar-refractivity contribution >= 4 is 29.6 Å². The van der Waals surface area contributed by atoms with Crippen molar-refractivity contribution in [3.05, 3.63) is 58.0 Å². The third-order valence-electron chi connectivity index (χ3n) is 2.65. The van der Waals surface area contributed by atoms with Gasteiger partial charge in [-0.05, 0) is 18.2 Å². The first-order chi connectivity index (χ1) is 11.1. The lowest BCUT2D eigenvalue weighted by Crippen LogP contribution is -2.16. The molecule has 2 rings (SSSR count). The molecule has 0 aliphatic carbocycles. The van der Waals surface area contributed by atoms with Gasteiger partial charge in [0.15, 0.2) is 5.76 Å². The Kier molecular flexibility index (Phi) is 5.89. The molecule has 0 aliphatic rings. The summed E-state index contributed by atoms with van der Waals surface area (Å²) in [4.78, 5) is 22.6. The number of hydrogen-bond acceptors (Lipinski definition) is 7. The highest BCUT2D eigenvalue weighted by molar-refractivity contribution is 7.99. The molecule has 0 unspecified atom stereocenters. The van der Waals surface area contributed by atoms with E-state index in [9.17, 15) is 14.9 Å². The molecular weight excluding hydrogens is 322 g/mol. The first-order valence-electron chi connectivity index (χ1n) is 6.51. The van der Waals surface area contributed by atoms with E-state index in [2.05, 4.69) is 10.5 Å². The summed E-state index contributed by atoms with van der Waals surface area (Å²) < 4.78 is 4.90. The van der Waals surface area contributed by atoms with Crippen LogP contribution in [-0.2, 0) is 0 Å². The van der Waals surface area contributed by atoms with Crippen LogP contribution in [-0.4, -0.2) is 34.5 Å². The SMILES string of the molecule is O=C(NN=Cc1ccc(SCCO)c([N+](=O)[O-])c1)c1ccco1. The molecule has 9 heteroatoms. The van der Waals surface area contributed by atoms with Crippen LogP contribution >= 0.6 is 11.8 Å². The van der Waals surface area contributed by atoms with E-state index in [1.165, 1.54) is 36.4 Å². The van der Waals surface area contributed by atoms with Crippen LogP contribution in [0.2, 0.25) is 0 Å². The molecule has 1 aromatic heterocycles. The maximum Gasteiger partial charge on any atom is 0.307 e. The van der Waals surface area contributed by atoms with E-state index in [0.29, 0.717) is 16.2 Å². The number of carbonyl (C=O) groups excluding carboxylic acids is 1. The number of hydrogen-bond donors (Lipinski definition) is 2. The first kappa shape index (κ1) is 16.7. The van der Waals surface area contributed by atoms with Crippen molar-refractivity contribution < 1.29 is 19.2 Å². The highest BCUT2D eigenvalue weighted by Gasteiger charge is 2.14. The molecule has 1 amide bonds. The summed E-state index contributed by atoms with van der Waals surface area (Å²) in [6.07, 6.45) is 2.67. The summed E-state index contributed by atoms with van der Waals surface area (Å²) >= 11 is 1.19. The van der Waals surface area contributed by atoms with Gasteiger partial charge in [0.25, 0.3) is 5.69 Å². The Morgan fingerprint density at radius 2 is 2.30 bits per heavy atom. The number of benzene rings is 1. The summed E-state index contributed by atoms with van der Waals surface area (Å²) in [6, 6.07) is 7.62. The first-order valence-corrected chi connectivity index (χ1v) is 7.49. The number of amides is 1. The third kappa shape index (κ3) is 4.66. The van der Waals surface area contributed by atoms with E-state index in [1.807, 2.05) is 0 Å². The Bertz CT molecular complexity index is 715. The van der Waals surface area contributed by atoms with E-state index in [4.69, 9.17) is 9.52 Å². The van der Waals surface area contributed by atoms with Gasteiger partial charge in [0.05, 0.1) is 28.9 Å². The number of nitro benzene ring substituents is 1. The smallest absolute Gasteiger partial charge is 0.307 e. The van der Waals surface area contributed by atoms with Crippen LogP contribution in [0.5, 0.6) is 0 Å². The van der Waals surface area contributed by atoms with Gasteiger partial charge in [-0.3, -0.25) is 14.9 Å². The van der Waals surface area contributed by atoms with E-state index in [1.54, 1.807) is 18.2 Å². The van der Waals surface area contributed by atoms with Crippen LogP contribution in [0.1, 0.15) is 16.1 Å². The Morgan fingerprint density at radius 3 is 2.96 bits per heavy atom. The number of aliphatic hydroxyl groups excluding tert-OH is 1. The molecule has 0 spiro atoms. The largest absolute Gasteiger partial charge is 0.459 e. The molecule has 0 saturated heterocycles. The summed E-state index contributed by atoms with van der Waals surface area (Å²) in [7, 11) is 0. The topological polar surface area (TPSA) is 118 Å². The fourth-order valence-corrected chi connectivity index (χ4v) is 2.42. The van der Waals surface area contributed by atoms with Crippen LogP contribution < -0.4 is 5.43 Å². The molecule has 0 bridgehead atoms. The van der Waals surface area contributed by atoms with Gasteiger partial charge < -0.3 is 9.52 Å². The molecule has 0 fully saturated rings. The Labute approximate surface area is 135 Å². The van der Waals surface area contributed by atoms with Gasteiger partial charge in [-0.1, -0.05) is 6.07 Å². The van der Waals surface area contributed by atoms with Crippen molar-refractivity contribution in [2.45, 2.75) is 4.90 Å². The molecule has 0 saturated carbocycles. The van der Waals surface area contributed by atoms with Gasteiger partial charge in [0.1, 0.15) is 0 Å². The molecule has 120 valence electrons. The van der Waals surface area contributed by atoms with Gasteiger partial charge in [0.2, 0.25) is 0 Å². The minimum absolute atomic E-state index is 0.0656.